The van der Waals surface area contributed by atoms with E-state index in [0.29, 0.717) is 5.56 Å². The average Bonchev–Trinajstić information content (AvgIpc) is 2.47. The van der Waals surface area contributed by atoms with Crippen molar-refractivity contribution in [2.45, 2.75) is 26.2 Å². The minimum Gasteiger partial charge on any atom is -0.366 e. The van der Waals surface area contributed by atoms with E-state index in [0.717, 1.165) is 39.8 Å². The van der Waals surface area contributed by atoms with Crippen LogP contribution in [0.15, 0.2) is 22.7 Å². The monoisotopic (exact) mass is 347 g/mol. The Balaban J connectivity index is 2.24. The van der Waals surface area contributed by atoms with Gasteiger partial charge in [-0.3, -0.25) is 4.79 Å². The summed E-state index contributed by atoms with van der Waals surface area (Å²) in [6, 6.07) is 5.78. The number of hydrogen-bond acceptors (Lipinski definition) is 3. The molecule has 1 saturated heterocycles. The average molecular weight is 348 g/mol. The van der Waals surface area contributed by atoms with Crippen LogP contribution in [0.25, 0.3) is 10.9 Å². The first-order valence-electron chi connectivity index (χ1n) is 7.22. The molecule has 1 amide bonds. The maximum Gasteiger partial charge on any atom is 0.249 e. The summed E-state index contributed by atoms with van der Waals surface area (Å²) in [5, 5.41) is 0.815. The maximum atomic E-state index is 11.9. The number of primary amides is 1. The third kappa shape index (κ3) is 2.62. The molecule has 110 valence electrons. The fraction of sp³-hybridized carbons (Fsp3) is 0.375. The van der Waals surface area contributed by atoms with Crippen LogP contribution in [-0.4, -0.2) is 24.0 Å². The largest absolute Gasteiger partial charge is 0.366 e. The summed E-state index contributed by atoms with van der Waals surface area (Å²) >= 11 is 3.45. The number of amides is 1. The number of aromatic nitrogens is 1. The van der Waals surface area contributed by atoms with Gasteiger partial charge in [0, 0.05) is 28.5 Å². The number of carbonyl (C=O) groups is 1. The van der Waals surface area contributed by atoms with Crippen LogP contribution in [0.2, 0.25) is 0 Å². The van der Waals surface area contributed by atoms with Crippen LogP contribution < -0.4 is 10.6 Å². The number of benzene rings is 1. The number of anilines is 1. The highest BCUT2D eigenvalue weighted by atomic mass is 79.9. The molecule has 0 saturated carbocycles. The lowest BCUT2D eigenvalue weighted by molar-refractivity contribution is 0.100. The summed E-state index contributed by atoms with van der Waals surface area (Å²) in [6.45, 7) is 3.93. The molecule has 1 aliphatic heterocycles. The molecule has 1 aliphatic rings. The molecular weight excluding hydrogens is 330 g/mol. The molecule has 21 heavy (non-hydrogen) atoms. The number of halogens is 1. The van der Waals surface area contributed by atoms with Crippen molar-refractivity contribution >= 4 is 38.6 Å². The molecule has 1 aromatic carbocycles. The number of nitrogens with two attached hydrogens (primary N) is 1. The fourth-order valence-electron chi connectivity index (χ4n) is 3.05. The highest BCUT2D eigenvalue weighted by Gasteiger charge is 2.21. The van der Waals surface area contributed by atoms with E-state index in [2.05, 4.69) is 20.8 Å². The highest BCUT2D eigenvalue weighted by molar-refractivity contribution is 9.10. The lowest BCUT2D eigenvalue weighted by Gasteiger charge is -2.30. The first-order valence-corrected chi connectivity index (χ1v) is 8.02. The maximum absolute atomic E-state index is 11.9. The number of nitrogens with zero attached hydrogens (tertiary/aromatic N) is 2. The van der Waals surface area contributed by atoms with Gasteiger partial charge in [0.15, 0.2) is 0 Å². The van der Waals surface area contributed by atoms with Gasteiger partial charge in [-0.2, -0.15) is 0 Å². The van der Waals surface area contributed by atoms with E-state index in [9.17, 15) is 4.79 Å². The number of carbonyl (C=O) groups excluding carboxylic acids is 1. The third-order valence-electron chi connectivity index (χ3n) is 4.07. The van der Waals surface area contributed by atoms with Crippen molar-refractivity contribution < 1.29 is 4.79 Å². The predicted molar refractivity (Wildman–Crippen MR) is 88.8 cm³/mol. The van der Waals surface area contributed by atoms with Crippen LogP contribution in [0.5, 0.6) is 0 Å². The lowest BCUT2D eigenvalue weighted by Crippen LogP contribution is -2.31. The molecule has 0 radical (unpaired) electrons. The van der Waals surface area contributed by atoms with E-state index in [-0.39, 0.29) is 0 Å². The van der Waals surface area contributed by atoms with Crippen molar-refractivity contribution in [2.24, 2.45) is 5.73 Å². The lowest BCUT2D eigenvalue weighted by atomic mass is 10.0. The van der Waals surface area contributed by atoms with Crippen molar-refractivity contribution in [3.63, 3.8) is 0 Å². The molecule has 1 aromatic heterocycles. The molecule has 2 aromatic rings. The summed E-state index contributed by atoms with van der Waals surface area (Å²) in [6.07, 6.45) is 3.61. The quantitative estimate of drug-likeness (QED) is 0.905. The predicted octanol–water partition coefficient (Wildman–Crippen LogP) is 3.39. The fourth-order valence-corrected chi connectivity index (χ4v) is 3.41. The van der Waals surface area contributed by atoms with E-state index >= 15 is 0 Å². The smallest absolute Gasteiger partial charge is 0.249 e. The van der Waals surface area contributed by atoms with E-state index < -0.39 is 5.91 Å². The Morgan fingerprint density at radius 1 is 1.29 bits per heavy atom. The van der Waals surface area contributed by atoms with Crippen LogP contribution >= 0.6 is 15.9 Å². The molecule has 2 N–H and O–H groups in total. The van der Waals surface area contributed by atoms with Crippen LogP contribution in [-0.2, 0) is 0 Å². The second-order valence-corrected chi connectivity index (χ2v) is 6.42. The van der Waals surface area contributed by atoms with Gasteiger partial charge in [0.1, 0.15) is 5.82 Å². The molecule has 4 nitrogen and oxygen atoms in total. The molecule has 0 spiro atoms. The highest BCUT2D eigenvalue weighted by Crippen LogP contribution is 2.31. The van der Waals surface area contributed by atoms with Crippen LogP contribution in [0.1, 0.15) is 35.2 Å². The zero-order chi connectivity index (χ0) is 15.0. The molecule has 1 fully saturated rings. The summed E-state index contributed by atoms with van der Waals surface area (Å²) in [5.74, 6) is 0.509. The summed E-state index contributed by atoms with van der Waals surface area (Å²) in [4.78, 5) is 19.0. The Hall–Kier alpha value is -1.62. The molecule has 0 aliphatic carbocycles. The Kier molecular flexibility index (Phi) is 3.85. The van der Waals surface area contributed by atoms with E-state index in [4.69, 9.17) is 10.7 Å². The number of rotatable bonds is 2. The Labute approximate surface area is 132 Å². The van der Waals surface area contributed by atoms with Crippen molar-refractivity contribution in [1.82, 2.24) is 4.98 Å². The molecular formula is C16H18BrN3O. The van der Waals surface area contributed by atoms with Gasteiger partial charge in [0.25, 0.3) is 0 Å². The molecule has 0 bridgehead atoms. The molecule has 0 atom stereocenters. The number of hydrogen-bond donors (Lipinski definition) is 1. The molecule has 3 rings (SSSR count). The summed E-state index contributed by atoms with van der Waals surface area (Å²) in [7, 11) is 0. The SMILES string of the molecule is Cc1c(N2CCCCC2)nc2ccc(Br)cc2c1C(N)=O. The standard InChI is InChI=1S/C16H18BrN3O/c1-10-14(15(18)21)12-9-11(17)5-6-13(12)19-16(10)20-7-3-2-4-8-20/h5-6,9H,2-4,7-8H2,1H3,(H2,18,21). The Morgan fingerprint density at radius 2 is 2.00 bits per heavy atom. The van der Waals surface area contributed by atoms with Gasteiger partial charge in [-0.1, -0.05) is 15.9 Å². The van der Waals surface area contributed by atoms with Gasteiger partial charge in [-0.15, -0.1) is 0 Å². The van der Waals surface area contributed by atoms with Crippen molar-refractivity contribution in [2.75, 3.05) is 18.0 Å². The van der Waals surface area contributed by atoms with E-state index in [1.165, 1.54) is 19.3 Å². The Bertz CT molecular complexity index is 708. The van der Waals surface area contributed by atoms with Crippen molar-refractivity contribution in [3.05, 3.63) is 33.8 Å². The number of pyridine rings is 1. The topological polar surface area (TPSA) is 59.2 Å². The van der Waals surface area contributed by atoms with Crippen LogP contribution in [0.4, 0.5) is 5.82 Å². The second-order valence-electron chi connectivity index (χ2n) is 5.51. The minimum atomic E-state index is -0.392. The van der Waals surface area contributed by atoms with Crippen LogP contribution in [0, 0.1) is 6.92 Å². The van der Waals surface area contributed by atoms with Gasteiger partial charge >= 0.3 is 0 Å². The van der Waals surface area contributed by atoms with Gasteiger partial charge < -0.3 is 10.6 Å². The minimum absolute atomic E-state index is 0.392. The van der Waals surface area contributed by atoms with Crippen molar-refractivity contribution in [3.8, 4) is 0 Å². The second kappa shape index (κ2) is 5.64. The van der Waals surface area contributed by atoms with E-state index in [1.54, 1.807) is 0 Å². The number of fused-ring (bicyclic) bond motifs is 1. The third-order valence-corrected chi connectivity index (χ3v) is 4.56. The molecule has 0 unspecified atom stereocenters. The van der Waals surface area contributed by atoms with Gasteiger partial charge in [-0.25, -0.2) is 4.98 Å². The zero-order valence-corrected chi connectivity index (χ0v) is 13.6. The first-order chi connectivity index (χ1) is 10.1. The van der Waals surface area contributed by atoms with Gasteiger partial charge in [-0.05, 0) is 44.4 Å². The zero-order valence-electron chi connectivity index (χ0n) is 12.0. The van der Waals surface area contributed by atoms with Crippen LogP contribution in [0.3, 0.4) is 0 Å². The first kappa shape index (κ1) is 14.3. The van der Waals surface area contributed by atoms with Gasteiger partial charge in [0.05, 0.1) is 11.1 Å². The Morgan fingerprint density at radius 3 is 2.67 bits per heavy atom. The normalized spacial score (nSPS) is 15.4. The van der Waals surface area contributed by atoms with Gasteiger partial charge in [0.2, 0.25) is 5.91 Å². The molecule has 5 heteroatoms. The van der Waals surface area contributed by atoms with Crippen molar-refractivity contribution in [1.29, 1.82) is 0 Å². The number of piperidine rings is 1. The van der Waals surface area contributed by atoms with E-state index in [1.807, 2.05) is 25.1 Å². The molecule has 2 heterocycles. The summed E-state index contributed by atoms with van der Waals surface area (Å²) < 4.78 is 0.921. The summed E-state index contributed by atoms with van der Waals surface area (Å²) in [5.41, 5.74) is 7.92.